The molecule has 2 rings (SSSR count). The molecule has 0 bridgehead atoms. The van der Waals surface area contributed by atoms with Crippen molar-refractivity contribution in [2.75, 3.05) is 13.1 Å². The molecule has 17 heavy (non-hydrogen) atoms. The van der Waals surface area contributed by atoms with E-state index in [-0.39, 0.29) is 5.25 Å². The molecule has 0 aromatic heterocycles. The van der Waals surface area contributed by atoms with Gasteiger partial charge in [0.15, 0.2) is 9.84 Å². The molecule has 1 aliphatic rings. The van der Waals surface area contributed by atoms with Gasteiger partial charge in [-0.25, -0.2) is 8.42 Å². The monoisotopic (exact) mass is 253 g/mol. The quantitative estimate of drug-likeness (QED) is 0.895. The molecule has 0 saturated carbocycles. The molecule has 4 heteroatoms. The van der Waals surface area contributed by atoms with Gasteiger partial charge in [0.25, 0.3) is 0 Å². The van der Waals surface area contributed by atoms with E-state index < -0.39 is 9.84 Å². The number of benzene rings is 1. The van der Waals surface area contributed by atoms with E-state index in [0.717, 1.165) is 6.54 Å². The second kappa shape index (κ2) is 4.78. The van der Waals surface area contributed by atoms with Gasteiger partial charge in [-0.05, 0) is 36.6 Å². The predicted octanol–water partition coefficient (Wildman–Crippen LogP) is 1.95. The van der Waals surface area contributed by atoms with Crippen molar-refractivity contribution in [2.45, 2.75) is 36.3 Å². The highest BCUT2D eigenvalue weighted by Crippen LogP contribution is 2.22. The zero-order chi connectivity index (χ0) is 12.5. The molecule has 1 fully saturated rings. The van der Waals surface area contributed by atoms with Crippen LogP contribution in [-0.2, 0) is 9.84 Å². The highest BCUT2D eigenvalue weighted by Gasteiger charge is 2.29. The number of rotatable bonds is 3. The Hall–Kier alpha value is -0.870. The molecule has 1 atom stereocenters. The van der Waals surface area contributed by atoms with Crippen LogP contribution in [0.2, 0.25) is 0 Å². The van der Waals surface area contributed by atoms with Crippen LogP contribution in [0.3, 0.4) is 0 Å². The lowest BCUT2D eigenvalue weighted by Gasteiger charge is -2.12. The number of hydrogen-bond donors (Lipinski definition) is 1. The third kappa shape index (κ3) is 2.53. The number of hydrogen-bond acceptors (Lipinski definition) is 3. The SMILES string of the molecule is CC(C)c1ccc(S(=O)(=O)C2CCNC2)cc1. The first-order valence-electron chi connectivity index (χ1n) is 6.06. The van der Waals surface area contributed by atoms with Crippen LogP contribution >= 0.6 is 0 Å². The first kappa shape index (κ1) is 12.6. The van der Waals surface area contributed by atoms with E-state index in [4.69, 9.17) is 0 Å². The van der Waals surface area contributed by atoms with Gasteiger partial charge in [-0.3, -0.25) is 0 Å². The predicted molar refractivity (Wildman–Crippen MR) is 69.0 cm³/mol. The van der Waals surface area contributed by atoms with Gasteiger partial charge in [0.05, 0.1) is 10.1 Å². The van der Waals surface area contributed by atoms with E-state index >= 15 is 0 Å². The average Bonchev–Trinajstić information content (AvgIpc) is 2.83. The largest absolute Gasteiger partial charge is 0.315 e. The highest BCUT2D eigenvalue weighted by atomic mass is 32.2. The van der Waals surface area contributed by atoms with Gasteiger partial charge in [-0.1, -0.05) is 26.0 Å². The van der Waals surface area contributed by atoms with Crippen molar-refractivity contribution in [3.8, 4) is 0 Å². The summed E-state index contributed by atoms with van der Waals surface area (Å²) in [5.74, 6) is 0.430. The van der Waals surface area contributed by atoms with E-state index in [2.05, 4.69) is 19.2 Å². The summed E-state index contributed by atoms with van der Waals surface area (Å²) in [6, 6.07) is 7.31. The lowest BCUT2D eigenvalue weighted by Crippen LogP contribution is -2.23. The zero-order valence-electron chi connectivity index (χ0n) is 10.3. The van der Waals surface area contributed by atoms with Crippen LogP contribution in [0.5, 0.6) is 0 Å². The summed E-state index contributed by atoms with van der Waals surface area (Å²) < 4.78 is 24.6. The zero-order valence-corrected chi connectivity index (χ0v) is 11.1. The third-order valence-electron chi connectivity index (χ3n) is 3.33. The van der Waals surface area contributed by atoms with E-state index in [1.807, 2.05) is 12.1 Å². The van der Waals surface area contributed by atoms with Crippen LogP contribution < -0.4 is 5.32 Å². The molecular formula is C13H19NO2S. The first-order valence-corrected chi connectivity index (χ1v) is 7.61. The minimum atomic E-state index is -3.14. The summed E-state index contributed by atoms with van der Waals surface area (Å²) in [5.41, 5.74) is 1.17. The Morgan fingerprint density at radius 2 is 1.88 bits per heavy atom. The second-order valence-corrected chi connectivity index (χ2v) is 7.11. The Morgan fingerprint density at radius 1 is 1.24 bits per heavy atom. The maximum Gasteiger partial charge on any atom is 0.182 e. The average molecular weight is 253 g/mol. The Kier molecular flexibility index (Phi) is 3.54. The molecule has 3 nitrogen and oxygen atoms in total. The van der Waals surface area contributed by atoms with E-state index in [1.54, 1.807) is 12.1 Å². The first-order chi connectivity index (χ1) is 8.01. The van der Waals surface area contributed by atoms with Gasteiger partial charge in [0.2, 0.25) is 0 Å². The fraction of sp³-hybridized carbons (Fsp3) is 0.538. The molecule has 1 aliphatic heterocycles. The van der Waals surface area contributed by atoms with Crippen molar-refractivity contribution in [3.63, 3.8) is 0 Å². The van der Waals surface area contributed by atoms with Gasteiger partial charge in [-0.15, -0.1) is 0 Å². The third-order valence-corrected chi connectivity index (χ3v) is 5.54. The summed E-state index contributed by atoms with van der Waals surface area (Å²) in [4.78, 5) is 0.454. The van der Waals surface area contributed by atoms with Crippen molar-refractivity contribution in [1.82, 2.24) is 5.32 Å². The Labute approximate surface area is 103 Å². The molecule has 1 aromatic carbocycles. The molecule has 1 unspecified atom stereocenters. The van der Waals surface area contributed by atoms with Gasteiger partial charge < -0.3 is 5.32 Å². The lowest BCUT2D eigenvalue weighted by atomic mass is 10.0. The fourth-order valence-electron chi connectivity index (χ4n) is 2.13. The van der Waals surface area contributed by atoms with E-state index in [1.165, 1.54) is 5.56 Å². The maximum absolute atomic E-state index is 12.3. The molecule has 1 aromatic rings. The van der Waals surface area contributed by atoms with Gasteiger partial charge >= 0.3 is 0 Å². The van der Waals surface area contributed by atoms with Crippen molar-refractivity contribution in [1.29, 1.82) is 0 Å². The minimum absolute atomic E-state index is 0.257. The Balaban J connectivity index is 2.27. The molecule has 1 saturated heterocycles. The van der Waals surface area contributed by atoms with Gasteiger partial charge in [-0.2, -0.15) is 0 Å². The van der Waals surface area contributed by atoms with Crippen molar-refractivity contribution >= 4 is 9.84 Å². The van der Waals surface area contributed by atoms with Crippen LogP contribution in [0, 0.1) is 0 Å². The van der Waals surface area contributed by atoms with Crippen LogP contribution in [0.1, 0.15) is 31.7 Å². The normalized spacial score (nSPS) is 21.0. The molecule has 0 aliphatic carbocycles. The van der Waals surface area contributed by atoms with Crippen molar-refractivity contribution in [3.05, 3.63) is 29.8 Å². The summed E-state index contributed by atoms with van der Waals surface area (Å²) in [7, 11) is -3.14. The molecule has 1 N–H and O–H groups in total. The van der Waals surface area contributed by atoms with Crippen molar-refractivity contribution < 1.29 is 8.42 Å². The summed E-state index contributed by atoms with van der Waals surface area (Å²) in [6.45, 7) is 5.58. The second-order valence-electron chi connectivity index (χ2n) is 4.88. The van der Waals surface area contributed by atoms with E-state index in [9.17, 15) is 8.42 Å². The lowest BCUT2D eigenvalue weighted by molar-refractivity contribution is 0.583. The number of nitrogens with one attached hydrogen (secondary N) is 1. The fourth-order valence-corrected chi connectivity index (χ4v) is 3.79. The Morgan fingerprint density at radius 3 is 2.35 bits per heavy atom. The Bertz CT molecular complexity index is 471. The summed E-state index contributed by atoms with van der Waals surface area (Å²) in [6.07, 6.45) is 0.717. The number of sulfone groups is 1. The van der Waals surface area contributed by atoms with E-state index in [0.29, 0.717) is 23.8 Å². The molecule has 94 valence electrons. The standard InChI is InChI=1S/C13H19NO2S/c1-10(2)11-3-5-12(6-4-11)17(15,16)13-7-8-14-9-13/h3-6,10,13-14H,7-9H2,1-2H3. The van der Waals surface area contributed by atoms with Crippen LogP contribution in [0.25, 0.3) is 0 Å². The van der Waals surface area contributed by atoms with Gasteiger partial charge in [0.1, 0.15) is 0 Å². The minimum Gasteiger partial charge on any atom is -0.315 e. The van der Waals surface area contributed by atoms with Crippen LogP contribution in [0.4, 0.5) is 0 Å². The smallest absolute Gasteiger partial charge is 0.182 e. The van der Waals surface area contributed by atoms with Gasteiger partial charge in [0, 0.05) is 6.54 Å². The topological polar surface area (TPSA) is 46.2 Å². The van der Waals surface area contributed by atoms with Crippen molar-refractivity contribution in [2.24, 2.45) is 0 Å². The van der Waals surface area contributed by atoms with Crippen LogP contribution in [0.15, 0.2) is 29.2 Å². The summed E-state index contributed by atoms with van der Waals surface area (Å²) >= 11 is 0. The molecule has 0 radical (unpaired) electrons. The van der Waals surface area contributed by atoms with Crippen LogP contribution in [-0.4, -0.2) is 26.8 Å². The summed E-state index contributed by atoms with van der Waals surface area (Å²) in [5, 5.41) is 2.84. The molecular weight excluding hydrogens is 234 g/mol. The highest BCUT2D eigenvalue weighted by molar-refractivity contribution is 7.92. The molecule has 1 heterocycles. The molecule has 0 spiro atoms. The maximum atomic E-state index is 12.3. The molecule has 0 amide bonds.